The fourth-order valence-electron chi connectivity index (χ4n) is 3.70. The predicted molar refractivity (Wildman–Crippen MR) is 119 cm³/mol. The number of ether oxygens (including phenoxy) is 4. The van der Waals surface area contributed by atoms with E-state index in [1.807, 2.05) is 0 Å². The number of carbonyl (C=O) groups excluding carboxylic acids is 2. The monoisotopic (exact) mass is 452 g/mol. The van der Waals surface area contributed by atoms with Gasteiger partial charge >= 0.3 is 5.97 Å². The Morgan fingerprint density at radius 3 is 2.70 bits per heavy atom. The van der Waals surface area contributed by atoms with E-state index < -0.39 is 5.97 Å². The quantitative estimate of drug-likeness (QED) is 0.360. The number of fused-ring (bicyclic) bond motifs is 2. The number of methoxy groups -OCH3 is 2. The molecule has 1 aliphatic heterocycles. The number of hydrogen-bond donors (Lipinski definition) is 0. The number of hydrogen-bond acceptors (Lipinski definition) is 8. The second kappa shape index (κ2) is 9.72. The number of carbonyl (C=O) groups is 2. The van der Waals surface area contributed by atoms with Gasteiger partial charge in [0.05, 0.1) is 38.1 Å². The maximum atomic E-state index is 12.8. The number of benzene rings is 2. The molecule has 0 N–H and O–H groups in total. The van der Waals surface area contributed by atoms with Crippen molar-refractivity contribution in [3.8, 4) is 17.2 Å². The van der Waals surface area contributed by atoms with Crippen molar-refractivity contribution in [3.05, 3.63) is 58.1 Å². The van der Waals surface area contributed by atoms with Gasteiger partial charge in [-0.15, -0.1) is 0 Å². The van der Waals surface area contributed by atoms with Crippen LogP contribution < -0.4 is 19.8 Å². The van der Waals surface area contributed by atoms with Crippen LogP contribution in [0.2, 0.25) is 0 Å². The van der Waals surface area contributed by atoms with E-state index >= 15 is 0 Å². The van der Waals surface area contributed by atoms with E-state index in [0.29, 0.717) is 41.0 Å². The van der Waals surface area contributed by atoms with Crippen LogP contribution in [0.1, 0.15) is 28.8 Å². The van der Waals surface area contributed by atoms with E-state index in [4.69, 9.17) is 18.9 Å². The lowest BCUT2D eigenvalue weighted by Gasteiger charge is -2.10. The molecule has 33 heavy (non-hydrogen) atoms. The minimum absolute atomic E-state index is 0.0711. The van der Waals surface area contributed by atoms with Crippen LogP contribution in [0.3, 0.4) is 0 Å². The Bertz CT molecular complexity index is 1270. The molecule has 4 rings (SSSR count). The molecule has 0 saturated carbocycles. The van der Waals surface area contributed by atoms with Crippen LogP contribution in [0.4, 0.5) is 0 Å². The number of ketones is 1. The van der Waals surface area contributed by atoms with Crippen molar-refractivity contribution in [2.24, 2.45) is 0 Å². The maximum absolute atomic E-state index is 12.8. The molecule has 0 radical (unpaired) electrons. The Labute approximate surface area is 189 Å². The summed E-state index contributed by atoms with van der Waals surface area (Å²) in [6.07, 6.45) is 2.63. The third kappa shape index (κ3) is 4.82. The highest BCUT2D eigenvalue weighted by molar-refractivity contribution is 5.98. The molecule has 0 unspecified atom stereocenters. The molecule has 1 aromatic heterocycles. The van der Waals surface area contributed by atoms with E-state index in [9.17, 15) is 14.4 Å². The SMILES string of the molecule is COc1cc2ncn(CCCC(=O)OCC(=O)c3ccc4c(c3)CCO4)c(=O)c2cc1OC. The first-order valence-corrected chi connectivity index (χ1v) is 10.6. The molecule has 0 amide bonds. The van der Waals surface area contributed by atoms with E-state index in [2.05, 4.69) is 4.98 Å². The van der Waals surface area contributed by atoms with E-state index in [1.54, 1.807) is 30.3 Å². The maximum Gasteiger partial charge on any atom is 0.306 e. The van der Waals surface area contributed by atoms with Crippen molar-refractivity contribution >= 4 is 22.7 Å². The summed E-state index contributed by atoms with van der Waals surface area (Å²) in [6, 6.07) is 8.44. The zero-order chi connectivity index (χ0) is 23.4. The van der Waals surface area contributed by atoms with Gasteiger partial charge in [-0.3, -0.25) is 19.0 Å². The third-order valence-electron chi connectivity index (χ3n) is 5.48. The van der Waals surface area contributed by atoms with Crippen LogP contribution in [-0.2, 0) is 22.5 Å². The second-order valence-corrected chi connectivity index (χ2v) is 7.58. The van der Waals surface area contributed by atoms with E-state index in [1.165, 1.54) is 25.1 Å². The van der Waals surface area contributed by atoms with Crippen LogP contribution in [0.5, 0.6) is 17.2 Å². The Kier molecular flexibility index (Phi) is 6.58. The minimum atomic E-state index is -0.499. The Morgan fingerprint density at radius 1 is 1.12 bits per heavy atom. The highest BCUT2D eigenvalue weighted by Crippen LogP contribution is 2.30. The van der Waals surface area contributed by atoms with Crippen molar-refractivity contribution in [1.82, 2.24) is 9.55 Å². The van der Waals surface area contributed by atoms with Gasteiger partial charge in [0.15, 0.2) is 23.9 Å². The van der Waals surface area contributed by atoms with Crippen LogP contribution in [-0.4, -0.2) is 48.7 Å². The van der Waals surface area contributed by atoms with Gasteiger partial charge in [-0.2, -0.15) is 0 Å². The molecule has 0 atom stereocenters. The molecule has 2 aromatic carbocycles. The fourth-order valence-corrected chi connectivity index (χ4v) is 3.70. The van der Waals surface area contributed by atoms with Crippen molar-refractivity contribution < 1.29 is 28.5 Å². The highest BCUT2D eigenvalue weighted by Gasteiger charge is 2.16. The number of aryl methyl sites for hydroxylation is 1. The van der Waals surface area contributed by atoms with Gasteiger partial charge in [-0.1, -0.05) is 0 Å². The van der Waals surface area contributed by atoms with Crippen molar-refractivity contribution in [1.29, 1.82) is 0 Å². The summed E-state index contributed by atoms with van der Waals surface area (Å²) in [7, 11) is 3.01. The summed E-state index contributed by atoms with van der Waals surface area (Å²) in [4.78, 5) is 41.5. The first-order valence-electron chi connectivity index (χ1n) is 10.6. The molecule has 0 spiro atoms. The van der Waals surface area contributed by atoms with Crippen LogP contribution in [0.15, 0.2) is 41.5 Å². The first kappa shape index (κ1) is 22.3. The van der Waals surface area contributed by atoms with Gasteiger partial charge in [0.2, 0.25) is 0 Å². The standard InChI is InChI=1S/C24H24N2O7/c1-30-21-11-17-18(12-22(21)31-2)25-14-26(24(17)29)8-3-4-23(28)33-13-19(27)15-5-6-20-16(10-15)7-9-32-20/h5-6,10-12,14H,3-4,7-9,13H2,1-2H3. The Hall–Kier alpha value is -3.88. The first-order chi connectivity index (χ1) is 16.0. The average Bonchev–Trinajstić information content (AvgIpc) is 3.31. The summed E-state index contributed by atoms with van der Waals surface area (Å²) in [6.45, 7) is 0.571. The number of esters is 1. The van der Waals surface area contributed by atoms with Crippen molar-refractivity contribution in [3.63, 3.8) is 0 Å². The smallest absolute Gasteiger partial charge is 0.306 e. The molecule has 1 aliphatic rings. The van der Waals surface area contributed by atoms with Crippen molar-refractivity contribution in [2.75, 3.05) is 27.4 Å². The molecule has 9 nitrogen and oxygen atoms in total. The normalized spacial score (nSPS) is 12.2. The molecule has 3 aromatic rings. The zero-order valence-corrected chi connectivity index (χ0v) is 18.5. The largest absolute Gasteiger partial charge is 0.493 e. The lowest BCUT2D eigenvalue weighted by atomic mass is 10.1. The van der Waals surface area contributed by atoms with Gasteiger partial charge in [0, 0.05) is 31.0 Å². The number of aromatic nitrogens is 2. The molecule has 0 bridgehead atoms. The number of nitrogens with zero attached hydrogens (tertiary/aromatic N) is 2. The Balaban J connectivity index is 1.31. The van der Waals surface area contributed by atoms with Crippen molar-refractivity contribution in [2.45, 2.75) is 25.8 Å². The topological polar surface area (TPSA) is 106 Å². The van der Waals surface area contributed by atoms with Gasteiger partial charge < -0.3 is 18.9 Å². The summed E-state index contributed by atoms with van der Waals surface area (Å²) in [5, 5.41) is 0.392. The predicted octanol–water partition coefficient (Wildman–Crippen LogP) is 2.55. The second-order valence-electron chi connectivity index (χ2n) is 7.58. The summed E-state index contributed by atoms with van der Waals surface area (Å²) in [5.41, 5.74) is 1.72. The summed E-state index contributed by atoms with van der Waals surface area (Å²) in [5.74, 6) is 0.948. The molecule has 0 saturated heterocycles. The fraction of sp³-hybridized carbons (Fsp3) is 0.333. The lowest BCUT2D eigenvalue weighted by Crippen LogP contribution is -2.21. The highest BCUT2D eigenvalue weighted by atomic mass is 16.5. The Morgan fingerprint density at radius 2 is 1.91 bits per heavy atom. The molecule has 9 heteroatoms. The van der Waals surface area contributed by atoms with Gasteiger partial charge in [0.25, 0.3) is 5.56 Å². The zero-order valence-electron chi connectivity index (χ0n) is 18.5. The molecular formula is C24H24N2O7. The van der Waals surface area contributed by atoms with Crippen LogP contribution >= 0.6 is 0 Å². The van der Waals surface area contributed by atoms with Gasteiger partial charge in [0.1, 0.15) is 5.75 Å². The van der Waals surface area contributed by atoms with E-state index in [-0.39, 0.29) is 30.9 Å². The molecule has 0 fully saturated rings. The summed E-state index contributed by atoms with van der Waals surface area (Å²) >= 11 is 0. The van der Waals surface area contributed by atoms with Gasteiger partial charge in [-0.05, 0) is 36.2 Å². The average molecular weight is 452 g/mol. The molecule has 2 heterocycles. The molecule has 172 valence electrons. The van der Waals surface area contributed by atoms with E-state index in [0.717, 1.165) is 17.7 Å². The molecular weight excluding hydrogens is 428 g/mol. The number of rotatable bonds is 9. The van der Waals surface area contributed by atoms with Gasteiger partial charge in [-0.25, -0.2) is 4.98 Å². The summed E-state index contributed by atoms with van der Waals surface area (Å²) < 4.78 is 22.5. The van der Waals surface area contributed by atoms with Crippen LogP contribution in [0, 0.1) is 0 Å². The molecule has 0 aliphatic carbocycles. The third-order valence-corrected chi connectivity index (χ3v) is 5.48. The van der Waals surface area contributed by atoms with Crippen LogP contribution in [0.25, 0.3) is 10.9 Å². The number of Topliss-reactive ketones (excluding diaryl/α,β-unsaturated/α-hetero) is 1. The minimum Gasteiger partial charge on any atom is -0.493 e. The lowest BCUT2D eigenvalue weighted by molar-refractivity contribution is -0.142.